The van der Waals surface area contributed by atoms with Crippen molar-refractivity contribution in [2.24, 2.45) is 5.73 Å². The lowest BCUT2D eigenvalue weighted by atomic mass is 9.78. The Morgan fingerprint density at radius 2 is 1.80 bits per heavy atom. The van der Waals surface area contributed by atoms with E-state index >= 15 is 0 Å². The quantitative estimate of drug-likeness (QED) is 0.686. The number of rotatable bonds is 6. The van der Waals surface area contributed by atoms with E-state index in [1.165, 1.54) is 25.7 Å². The van der Waals surface area contributed by atoms with Gasteiger partial charge in [-0.25, -0.2) is 0 Å². The molecule has 15 heavy (non-hydrogen) atoms. The molecule has 1 saturated carbocycles. The fourth-order valence-electron chi connectivity index (χ4n) is 2.42. The smallest absolute Gasteiger partial charge is 0.152 e. The van der Waals surface area contributed by atoms with Crippen molar-refractivity contribution in [3.63, 3.8) is 0 Å². The minimum Gasteiger partial charge on any atom is -0.319 e. The van der Waals surface area contributed by atoms with Crippen LogP contribution in [0.25, 0.3) is 0 Å². The van der Waals surface area contributed by atoms with Gasteiger partial charge in [0.25, 0.3) is 0 Å². The fraction of sp³-hybridized carbons (Fsp3) is 0.923. The van der Waals surface area contributed by atoms with E-state index in [1.807, 2.05) is 0 Å². The number of carbonyl (C=O) groups is 1. The molecule has 1 aliphatic rings. The second kappa shape index (κ2) is 6.26. The van der Waals surface area contributed by atoms with Gasteiger partial charge >= 0.3 is 0 Å². The van der Waals surface area contributed by atoms with E-state index in [4.69, 9.17) is 5.73 Å². The van der Waals surface area contributed by atoms with E-state index in [1.54, 1.807) is 0 Å². The number of hydrogen-bond acceptors (Lipinski definition) is 2. The van der Waals surface area contributed by atoms with E-state index < -0.39 is 5.54 Å². The van der Waals surface area contributed by atoms with Gasteiger partial charge in [-0.3, -0.25) is 4.79 Å². The predicted molar refractivity (Wildman–Crippen MR) is 63.8 cm³/mol. The van der Waals surface area contributed by atoms with Crippen LogP contribution in [0.4, 0.5) is 0 Å². The zero-order valence-electron chi connectivity index (χ0n) is 10.1. The first-order valence-corrected chi connectivity index (χ1v) is 6.51. The fourth-order valence-corrected chi connectivity index (χ4v) is 2.42. The molecule has 0 spiro atoms. The maximum atomic E-state index is 12.0. The maximum Gasteiger partial charge on any atom is 0.152 e. The van der Waals surface area contributed by atoms with E-state index in [-0.39, 0.29) is 0 Å². The third-order valence-electron chi connectivity index (χ3n) is 3.56. The number of carbonyl (C=O) groups excluding carboxylic acids is 1. The average Bonchev–Trinajstić information content (AvgIpc) is 2.25. The molecule has 0 heterocycles. The van der Waals surface area contributed by atoms with Gasteiger partial charge < -0.3 is 5.73 Å². The highest BCUT2D eigenvalue weighted by molar-refractivity contribution is 5.88. The molecule has 2 N–H and O–H groups in total. The molecule has 0 aromatic carbocycles. The van der Waals surface area contributed by atoms with Crippen LogP contribution < -0.4 is 5.73 Å². The van der Waals surface area contributed by atoms with Gasteiger partial charge in [-0.15, -0.1) is 0 Å². The summed E-state index contributed by atoms with van der Waals surface area (Å²) in [5.41, 5.74) is 5.71. The van der Waals surface area contributed by atoms with Gasteiger partial charge in [-0.2, -0.15) is 0 Å². The van der Waals surface area contributed by atoms with Crippen molar-refractivity contribution in [2.75, 3.05) is 0 Å². The zero-order chi connectivity index (χ0) is 11.1. The molecule has 0 amide bonds. The molecule has 0 aromatic rings. The summed E-state index contributed by atoms with van der Waals surface area (Å²) < 4.78 is 0. The van der Waals surface area contributed by atoms with Crippen molar-refractivity contribution in [1.29, 1.82) is 0 Å². The lowest BCUT2D eigenvalue weighted by Crippen LogP contribution is -2.49. The Morgan fingerprint density at radius 1 is 1.13 bits per heavy atom. The maximum absolute atomic E-state index is 12.0. The van der Waals surface area contributed by atoms with Crippen molar-refractivity contribution in [3.05, 3.63) is 0 Å². The van der Waals surface area contributed by atoms with Crippen LogP contribution in [0.5, 0.6) is 0 Å². The molecule has 2 heteroatoms. The highest BCUT2D eigenvalue weighted by Gasteiger charge is 2.33. The molecule has 2 nitrogen and oxygen atoms in total. The Kier molecular flexibility index (Phi) is 5.30. The normalized spacial score (nSPS) is 20.1. The second-order valence-corrected chi connectivity index (χ2v) is 4.95. The molecule has 1 aliphatic carbocycles. The Hall–Kier alpha value is -0.370. The molecule has 0 saturated heterocycles. The lowest BCUT2D eigenvalue weighted by molar-refractivity contribution is -0.125. The largest absolute Gasteiger partial charge is 0.319 e. The molecule has 0 bridgehead atoms. The molecule has 0 aromatic heterocycles. The molecule has 0 unspecified atom stereocenters. The third-order valence-corrected chi connectivity index (χ3v) is 3.56. The Morgan fingerprint density at radius 3 is 2.40 bits per heavy atom. The van der Waals surface area contributed by atoms with Gasteiger partial charge in [0.15, 0.2) is 5.78 Å². The number of hydrogen-bond donors (Lipinski definition) is 1. The number of unbranched alkanes of at least 4 members (excludes halogenated alkanes) is 3. The van der Waals surface area contributed by atoms with Crippen LogP contribution in [0.3, 0.4) is 0 Å². The molecule has 1 fully saturated rings. The standard InChI is InChI=1S/C13H25NO/c1-2-3-4-6-9-12(15)13(14)10-7-5-8-11-13/h2-11,14H2,1H3. The van der Waals surface area contributed by atoms with Crippen molar-refractivity contribution >= 4 is 5.78 Å². The molecule has 88 valence electrons. The SMILES string of the molecule is CCCCCCC(=O)C1(N)CCCCC1. The summed E-state index contributed by atoms with van der Waals surface area (Å²) in [7, 11) is 0. The molecule has 0 radical (unpaired) electrons. The van der Waals surface area contributed by atoms with Crippen molar-refractivity contribution in [3.8, 4) is 0 Å². The third kappa shape index (κ3) is 3.94. The number of nitrogens with two attached hydrogens (primary N) is 1. The van der Waals surface area contributed by atoms with E-state index in [0.29, 0.717) is 12.2 Å². The minimum atomic E-state index is -0.454. The summed E-state index contributed by atoms with van der Waals surface area (Å²) in [5.74, 6) is 0.318. The Balaban J connectivity index is 2.25. The van der Waals surface area contributed by atoms with Crippen LogP contribution in [-0.2, 0) is 4.79 Å². The second-order valence-electron chi connectivity index (χ2n) is 4.95. The average molecular weight is 211 g/mol. The summed E-state index contributed by atoms with van der Waals surface area (Å²) in [6.45, 7) is 2.19. The van der Waals surface area contributed by atoms with Crippen LogP contribution in [0, 0.1) is 0 Å². The van der Waals surface area contributed by atoms with E-state index in [2.05, 4.69) is 6.92 Å². The first-order chi connectivity index (χ1) is 7.19. The number of ketones is 1. The van der Waals surface area contributed by atoms with Crippen molar-refractivity contribution < 1.29 is 4.79 Å². The Bertz CT molecular complexity index is 195. The summed E-state index contributed by atoms with van der Waals surface area (Å²) in [6.07, 6.45) is 10.7. The van der Waals surface area contributed by atoms with Crippen molar-refractivity contribution in [1.82, 2.24) is 0 Å². The first kappa shape index (κ1) is 12.7. The van der Waals surface area contributed by atoms with Gasteiger partial charge in [0.05, 0.1) is 5.54 Å². The van der Waals surface area contributed by atoms with Crippen LogP contribution in [0.1, 0.15) is 71.1 Å². The van der Waals surface area contributed by atoms with Gasteiger partial charge in [0.2, 0.25) is 0 Å². The zero-order valence-corrected chi connectivity index (χ0v) is 10.1. The van der Waals surface area contributed by atoms with Gasteiger partial charge in [-0.05, 0) is 19.3 Å². The highest BCUT2D eigenvalue weighted by atomic mass is 16.1. The van der Waals surface area contributed by atoms with Gasteiger partial charge in [0.1, 0.15) is 0 Å². The summed E-state index contributed by atoms with van der Waals surface area (Å²) >= 11 is 0. The van der Waals surface area contributed by atoms with Crippen molar-refractivity contribution in [2.45, 2.75) is 76.7 Å². The van der Waals surface area contributed by atoms with Gasteiger partial charge in [-0.1, -0.05) is 45.4 Å². The predicted octanol–water partition coefficient (Wildman–Crippen LogP) is 3.19. The molecular formula is C13H25NO. The lowest BCUT2D eigenvalue weighted by Gasteiger charge is -2.31. The Labute approximate surface area is 93.6 Å². The highest BCUT2D eigenvalue weighted by Crippen LogP contribution is 2.28. The molecular weight excluding hydrogens is 186 g/mol. The molecule has 1 rings (SSSR count). The molecule has 0 atom stereocenters. The first-order valence-electron chi connectivity index (χ1n) is 6.51. The minimum absolute atomic E-state index is 0.318. The summed E-state index contributed by atoms with van der Waals surface area (Å²) in [4.78, 5) is 12.0. The van der Waals surface area contributed by atoms with E-state index in [9.17, 15) is 4.79 Å². The number of Topliss-reactive ketones (excluding diaryl/α,β-unsaturated/α-hetero) is 1. The van der Waals surface area contributed by atoms with Crippen LogP contribution in [0.2, 0.25) is 0 Å². The van der Waals surface area contributed by atoms with Gasteiger partial charge in [0, 0.05) is 6.42 Å². The molecule has 0 aliphatic heterocycles. The monoisotopic (exact) mass is 211 g/mol. The van der Waals surface area contributed by atoms with Crippen LogP contribution >= 0.6 is 0 Å². The van der Waals surface area contributed by atoms with Crippen LogP contribution in [0.15, 0.2) is 0 Å². The topological polar surface area (TPSA) is 43.1 Å². The van der Waals surface area contributed by atoms with Crippen LogP contribution in [-0.4, -0.2) is 11.3 Å². The van der Waals surface area contributed by atoms with E-state index in [0.717, 1.165) is 32.1 Å². The summed E-state index contributed by atoms with van der Waals surface area (Å²) in [6, 6.07) is 0. The summed E-state index contributed by atoms with van der Waals surface area (Å²) in [5, 5.41) is 0.